The van der Waals surface area contributed by atoms with E-state index < -0.39 is 5.60 Å². The zero-order valence-corrected chi connectivity index (χ0v) is 16.4. The van der Waals surface area contributed by atoms with Crippen LogP contribution in [0.1, 0.15) is 53.9 Å². The van der Waals surface area contributed by atoms with E-state index in [9.17, 15) is 4.79 Å². The molecule has 1 unspecified atom stereocenters. The fraction of sp³-hybridized carbons (Fsp3) is 0.722. The van der Waals surface area contributed by atoms with Crippen LogP contribution in [0.5, 0.6) is 0 Å². The minimum Gasteiger partial charge on any atom is -0.444 e. The molecular weight excluding hydrogens is 308 g/mol. The average molecular weight is 343 g/mol. The van der Waals surface area contributed by atoms with E-state index in [-0.39, 0.29) is 6.09 Å². The molecule has 0 rings (SSSR count). The van der Waals surface area contributed by atoms with Crippen LogP contribution in [-0.4, -0.2) is 37.1 Å². The van der Waals surface area contributed by atoms with Crippen molar-refractivity contribution in [2.75, 3.05) is 19.3 Å². The van der Waals surface area contributed by atoms with Gasteiger partial charge in [0.25, 0.3) is 0 Å². The van der Waals surface area contributed by atoms with E-state index >= 15 is 0 Å². The van der Waals surface area contributed by atoms with Crippen LogP contribution in [0.4, 0.5) is 4.79 Å². The minimum absolute atomic E-state index is 0.292. The number of ether oxygens (including phenoxy) is 1. The Kier molecular flexibility index (Phi) is 11.1. The number of allylic oxidation sites excluding steroid dienone is 1. The van der Waals surface area contributed by atoms with Crippen LogP contribution in [0.3, 0.4) is 0 Å². The van der Waals surface area contributed by atoms with E-state index in [4.69, 9.17) is 4.74 Å². The van der Waals surface area contributed by atoms with Crippen molar-refractivity contribution < 1.29 is 9.53 Å². The van der Waals surface area contributed by atoms with E-state index in [2.05, 4.69) is 36.5 Å². The first-order valence-corrected chi connectivity index (χ1v) is 9.57. The maximum Gasteiger partial charge on any atom is 0.407 e. The van der Waals surface area contributed by atoms with Gasteiger partial charge in [-0.1, -0.05) is 26.0 Å². The highest BCUT2D eigenvalue weighted by Crippen LogP contribution is 2.24. The number of carbonyl (C=O) groups excluding carboxylic acids is 1. The molecule has 0 aliphatic rings. The Bertz CT molecular complexity index is 400. The van der Waals surface area contributed by atoms with Gasteiger partial charge >= 0.3 is 6.09 Å². The summed E-state index contributed by atoms with van der Waals surface area (Å²) in [5, 5.41) is 6.33. The Hall–Kier alpha value is -0.940. The molecule has 2 N–H and O–H groups in total. The summed E-state index contributed by atoms with van der Waals surface area (Å²) < 4.78 is 5.21. The summed E-state index contributed by atoms with van der Waals surface area (Å²) in [4.78, 5) is 12.8. The molecular formula is C18H34N2O2S. The molecule has 0 saturated carbocycles. The SMILES string of the molecule is C=C(/C(=C\C)SC)C(CCC)NCCCNC(=O)OC(C)(C)C. The third kappa shape index (κ3) is 10.4. The highest BCUT2D eigenvalue weighted by atomic mass is 32.2. The van der Waals surface area contributed by atoms with Crippen molar-refractivity contribution in [2.24, 2.45) is 0 Å². The van der Waals surface area contributed by atoms with Gasteiger partial charge in [0.15, 0.2) is 0 Å². The third-order valence-corrected chi connectivity index (χ3v) is 4.15. The van der Waals surface area contributed by atoms with Crippen molar-refractivity contribution in [3.8, 4) is 0 Å². The van der Waals surface area contributed by atoms with Gasteiger partial charge in [0.1, 0.15) is 5.60 Å². The number of hydrogen-bond donors (Lipinski definition) is 2. The van der Waals surface area contributed by atoms with Gasteiger partial charge in [-0.05, 0) is 58.9 Å². The van der Waals surface area contributed by atoms with Crippen LogP contribution in [0.2, 0.25) is 0 Å². The molecule has 0 aliphatic carbocycles. The van der Waals surface area contributed by atoms with Crippen LogP contribution in [0.15, 0.2) is 23.1 Å². The Morgan fingerprint density at radius 3 is 2.48 bits per heavy atom. The largest absolute Gasteiger partial charge is 0.444 e. The standard InChI is InChI=1S/C18H34N2O2S/c1-8-11-15(14(3)16(9-2)23-7)19-12-10-13-20-17(21)22-18(4,5)6/h9,15,19H,3,8,10-13H2,1-2,4-7H3,(H,20,21)/b16-9+. The summed E-state index contributed by atoms with van der Waals surface area (Å²) in [5.74, 6) is 0. The summed E-state index contributed by atoms with van der Waals surface area (Å²) in [6.45, 7) is 15.5. The zero-order valence-electron chi connectivity index (χ0n) is 15.6. The topological polar surface area (TPSA) is 50.4 Å². The highest BCUT2D eigenvalue weighted by molar-refractivity contribution is 8.02. The molecule has 0 spiro atoms. The van der Waals surface area contributed by atoms with Gasteiger partial charge in [-0.3, -0.25) is 0 Å². The molecule has 4 nitrogen and oxygen atoms in total. The van der Waals surface area contributed by atoms with E-state index in [0.29, 0.717) is 12.6 Å². The first-order chi connectivity index (χ1) is 10.7. The zero-order chi connectivity index (χ0) is 17.9. The molecule has 0 saturated heterocycles. The van der Waals surface area contributed by atoms with Crippen molar-refractivity contribution in [2.45, 2.75) is 65.5 Å². The van der Waals surface area contributed by atoms with Crippen LogP contribution >= 0.6 is 11.8 Å². The predicted molar refractivity (Wildman–Crippen MR) is 102 cm³/mol. The number of thioether (sulfide) groups is 1. The van der Waals surface area contributed by atoms with Crippen molar-refractivity contribution in [1.29, 1.82) is 0 Å². The summed E-state index contributed by atoms with van der Waals surface area (Å²) >= 11 is 1.73. The second-order valence-corrected chi connectivity index (χ2v) is 7.31. The van der Waals surface area contributed by atoms with Gasteiger partial charge in [-0.25, -0.2) is 4.79 Å². The molecule has 0 bridgehead atoms. The van der Waals surface area contributed by atoms with Gasteiger partial charge in [0.05, 0.1) is 0 Å². The number of carbonyl (C=O) groups is 1. The molecule has 0 aliphatic heterocycles. The van der Waals surface area contributed by atoms with Gasteiger partial charge in [-0.15, -0.1) is 11.8 Å². The maximum absolute atomic E-state index is 11.6. The molecule has 0 aromatic carbocycles. The predicted octanol–water partition coefficient (Wildman–Crippen LogP) is 4.48. The molecule has 1 amide bonds. The van der Waals surface area contributed by atoms with Crippen LogP contribution < -0.4 is 10.6 Å². The lowest BCUT2D eigenvalue weighted by atomic mass is 10.0. The maximum atomic E-state index is 11.6. The second-order valence-electron chi connectivity index (χ2n) is 6.46. The molecule has 0 radical (unpaired) electrons. The van der Waals surface area contributed by atoms with Crippen LogP contribution in [0, 0.1) is 0 Å². The second kappa shape index (κ2) is 11.6. The molecule has 0 aromatic rings. The van der Waals surface area contributed by atoms with Gasteiger partial charge in [-0.2, -0.15) is 0 Å². The van der Waals surface area contributed by atoms with Crippen LogP contribution in [0.25, 0.3) is 0 Å². The quantitative estimate of drug-likeness (QED) is 0.454. The lowest BCUT2D eigenvalue weighted by molar-refractivity contribution is 0.0527. The average Bonchev–Trinajstić information content (AvgIpc) is 2.45. The molecule has 5 heteroatoms. The highest BCUT2D eigenvalue weighted by Gasteiger charge is 2.16. The molecule has 0 heterocycles. The summed E-state index contributed by atoms with van der Waals surface area (Å²) in [7, 11) is 0. The van der Waals surface area contributed by atoms with Gasteiger partial charge in [0.2, 0.25) is 0 Å². The first-order valence-electron chi connectivity index (χ1n) is 8.34. The lowest BCUT2D eigenvalue weighted by Gasteiger charge is -2.22. The Morgan fingerprint density at radius 1 is 1.35 bits per heavy atom. The Balaban J connectivity index is 4.15. The molecule has 23 heavy (non-hydrogen) atoms. The summed E-state index contributed by atoms with van der Waals surface area (Å²) in [5.41, 5.74) is 0.703. The molecule has 0 fully saturated rings. The van der Waals surface area contributed by atoms with Crippen molar-refractivity contribution >= 4 is 17.9 Å². The fourth-order valence-corrected chi connectivity index (χ4v) is 2.80. The van der Waals surface area contributed by atoms with Gasteiger partial charge < -0.3 is 15.4 Å². The number of nitrogens with one attached hydrogen (secondary N) is 2. The normalized spacial score (nSPS) is 13.6. The third-order valence-electron chi connectivity index (χ3n) is 3.21. The van der Waals surface area contributed by atoms with Crippen LogP contribution in [-0.2, 0) is 4.74 Å². The Morgan fingerprint density at radius 2 is 2.00 bits per heavy atom. The van der Waals surface area contributed by atoms with Crippen molar-refractivity contribution in [3.63, 3.8) is 0 Å². The van der Waals surface area contributed by atoms with Crippen molar-refractivity contribution in [3.05, 3.63) is 23.1 Å². The summed E-state index contributed by atoms with van der Waals surface area (Å²) in [6.07, 6.45) is 6.87. The minimum atomic E-state index is -0.451. The van der Waals surface area contributed by atoms with E-state index in [0.717, 1.165) is 31.4 Å². The number of amides is 1. The first kappa shape index (κ1) is 22.1. The van der Waals surface area contributed by atoms with E-state index in [1.165, 1.54) is 4.91 Å². The fourth-order valence-electron chi connectivity index (χ4n) is 2.16. The smallest absolute Gasteiger partial charge is 0.407 e. The van der Waals surface area contributed by atoms with E-state index in [1.807, 2.05) is 27.7 Å². The summed E-state index contributed by atoms with van der Waals surface area (Å²) in [6, 6.07) is 0.292. The molecule has 0 aromatic heterocycles. The molecule has 134 valence electrons. The number of hydrogen-bond acceptors (Lipinski definition) is 4. The van der Waals surface area contributed by atoms with E-state index in [1.54, 1.807) is 11.8 Å². The van der Waals surface area contributed by atoms with Gasteiger partial charge in [0, 0.05) is 17.5 Å². The number of rotatable bonds is 10. The van der Waals surface area contributed by atoms with Crippen molar-refractivity contribution in [1.82, 2.24) is 10.6 Å². The Labute approximate surface area is 146 Å². The number of alkyl carbamates (subject to hydrolysis) is 1. The molecule has 1 atom stereocenters. The monoisotopic (exact) mass is 342 g/mol. The lowest BCUT2D eigenvalue weighted by Crippen LogP contribution is -2.36.